The minimum atomic E-state index is -0.257. The van der Waals surface area contributed by atoms with Crippen molar-refractivity contribution in [3.05, 3.63) is 0 Å². The number of carbonyl (C=O) groups is 2. The number of amides is 1. The number of rotatable bonds is 5. The lowest BCUT2D eigenvalue weighted by atomic mass is 9.96. The lowest BCUT2D eigenvalue weighted by molar-refractivity contribution is -0.146. The zero-order valence-electron chi connectivity index (χ0n) is 11.9. The van der Waals surface area contributed by atoms with E-state index in [1.165, 1.54) is 25.7 Å². The zero-order valence-corrected chi connectivity index (χ0v) is 11.9. The van der Waals surface area contributed by atoms with Crippen molar-refractivity contribution in [2.75, 3.05) is 13.2 Å². The lowest BCUT2D eigenvalue weighted by Crippen LogP contribution is -2.39. The van der Waals surface area contributed by atoms with Gasteiger partial charge < -0.3 is 9.64 Å². The number of nitrogens with zero attached hydrogens (tertiary/aromatic N) is 1. The molecule has 0 N–H and O–H groups in total. The van der Waals surface area contributed by atoms with Crippen molar-refractivity contribution >= 4 is 11.9 Å². The summed E-state index contributed by atoms with van der Waals surface area (Å²) < 4.78 is 4.87. The third-order valence-corrected chi connectivity index (χ3v) is 4.41. The lowest BCUT2D eigenvalue weighted by Gasteiger charge is -2.29. The maximum atomic E-state index is 12.2. The molecule has 0 aromatic heterocycles. The number of hydrogen-bond donors (Lipinski definition) is 0. The highest BCUT2D eigenvalue weighted by Crippen LogP contribution is 2.35. The average molecular weight is 267 g/mol. The molecule has 0 bridgehead atoms. The van der Waals surface area contributed by atoms with Crippen LogP contribution in [-0.2, 0) is 14.3 Å². The molecule has 1 amide bonds. The van der Waals surface area contributed by atoms with E-state index in [0.29, 0.717) is 25.0 Å². The van der Waals surface area contributed by atoms with Crippen molar-refractivity contribution in [3.63, 3.8) is 0 Å². The van der Waals surface area contributed by atoms with Gasteiger partial charge in [-0.05, 0) is 38.5 Å². The molecule has 0 radical (unpaired) electrons. The molecular weight excluding hydrogens is 242 g/mol. The first-order valence-electron chi connectivity index (χ1n) is 7.67. The largest absolute Gasteiger partial charge is 0.466 e. The van der Waals surface area contributed by atoms with E-state index in [-0.39, 0.29) is 18.3 Å². The van der Waals surface area contributed by atoms with E-state index in [4.69, 9.17) is 4.74 Å². The third kappa shape index (κ3) is 3.71. The zero-order chi connectivity index (χ0) is 13.7. The SMILES string of the molecule is CCOC(=O)CCC(=O)N1CCCC1C1CCCC1. The number of ether oxygens (including phenoxy) is 1. The number of carbonyl (C=O) groups excluding carboxylic acids is 2. The van der Waals surface area contributed by atoms with E-state index in [9.17, 15) is 9.59 Å². The molecule has 4 heteroatoms. The molecule has 0 aromatic carbocycles. The van der Waals surface area contributed by atoms with Gasteiger partial charge in [0.25, 0.3) is 0 Å². The van der Waals surface area contributed by atoms with E-state index in [2.05, 4.69) is 0 Å². The van der Waals surface area contributed by atoms with Crippen LogP contribution < -0.4 is 0 Å². The van der Waals surface area contributed by atoms with Gasteiger partial charge in [0.15, 0.2) is 0 Å². The van der Waals surface area contributed by atoms with Gasteiger partial charge in [0.2, 0.25) is 5.91 Å². The molecule has 1 unspecified atom stereocenters. The summed E-state index contributed by atoms with van der Waals surface area (Å²) in [6.07, 6.45) is 7.96. The molecule has 1 saturated carbocycles. The highest BCUT2D eigenvalue weighted by Gasteiger charge is 2.35. The summed E-state index contributed by atoms with van der Waals surface area (Å²) in [5.74, 6) is 0.587. The Morgan fingerprint density at radius 2 is 1.84 bits per heavy atom. The highest BCUT2D eigenvalue weighted by atomic mass is 16.5. The molecule has 1 aliphatic carbocycles. The van der Waals surface area contributed by atoms with Crippen LogP contribution in [0, 0.1) is 5.92 Å². The minimum absolute atomic E-state index is 0.141. The molecule has 1 heterocycles. The second-order valence-corrected chi connectivity index (χ2v) is 5.65. The first-order valence-corrected chi connectivity index (χ1v) is 7.67. The molecule has 0 spiro atoms. The van der Waals surface area contributed by atoms with Gasteiger partial charge in [0, 0.05) is 19.0 Å². The Morgan fingerprint density at radius 3 is 2.53 bits per heavy atom. The van der Waals surface area contributed by atoms with Crippen LogP contribution in [0.25, 0.3) is 0 Å². The molecule has 4 nitrogen and oxygen atoms in total. The second-order valence-electron chi connectivity index (χ2n) is 5.65. The van der Waals surface area contributed by atoms with Gasteiger partial charge in [0.1, 0.15) is 0 Å². The van der Waals surface area contributed by atoms with Crippen molar-refractivity contribution in [1.82, 2.24) is 4.90 Å². The molecule has 1 aliphatic heterocycles. The van der Waals surface area contributed by atoms with Gasteiger partial charge in [0.05, 0.1) is 13.0 Å². The molecule has 1 atom stereocenters. The second kappa shape index (κ2) is 6.92. The summed E-state index contributed by atoms with van der Waals surface area (Å²) in [6, 6.07) is 0.442. The van der Waals surface area contributed by atoms with E-state index >= 15 is 0 Å². The van der Waals surface area contributed by atoms with Crippen LogP contribution in [0.15, 0.2) is 0 Å². The minimum Gasteiger partial charge on any atom is -0.466 e. The van der Waals surface area contributed by atoms with Crippen LogP contribution in [0.4, 0.5) is 0 Å². The number of hydrogen-bond acceptors (Lipinski definition) is 3. The van der Waals surface area contributed by atoms with Crippen LogP contribution in [0.1, 0.15) is 58.3 Å². The van der Waals surface area contributed by atoms with Gasteiger partial charge in [-0.25, -0.2) is 0 Å². The first-order chi connectivity index (χ1) is 9.22. The third-order valence-electron chi connectivity index (χ3n) is 4.41. The van der Waals surface area contributed by atoms with E-state index in [1.54, 1.807) is 6.92 Å². The first kappa shape index (κ1) is 14.4. The molecule has 0 aromatic rings. The standard InChI is InChI=1S/C15H25NO3/c1-2-19-15(18)10-9-14(17)16-11-5-8-13(16)12-6-3-4-7-12/h12-13H,2-11H2,1H3. The van der Waals surface area contributed by atoms with Gasteiger partial charge in [-0.2, -0.15) is 0 Å². The Bertz CT molecular complexity index is 323. The average Bonchev–Trinajstić information content (AvgIpc) is 3.05. The Morgan fingerprint density at radius 1 is 1.11 bits per heavy atom. The van der Waals surface area contributed by atoms with E-state index in [1.807, 2.05) is 4.90 Å². The molecule has 2 rings (SSSR count). The fourth-order valence-corrected chi connectivity index (χ4v) is 3.52. The normalized spacial score (nSPS) is 23.8. The predicted molar refractivity (Wildman–Crippen MR) is 72.6 cm³/mol. The molecule has 19 heavy (non-hydrogen) atoms. The Balaban J connectivity index is 1.81. The highest BCUT2D eigenvalue weighted by molar-refractivity contribution is 5.81. The molecular formula is C15H25NO3. The fraction of sp³-hybridized carbons (Fsp3) is 0.867. The van der Waals surface area contributed by atoms with Crippen molar-refractivity contribution in [2.45, 2.75) is 64.3 Å². The van der Waals surface area contributed by atoms with Gasteiger partial charge in [-0.15, -0.1) is 0 Å². The maximum Gasteiger partial charge on any atom is 0.306 e. The maximum absolute atomic E-state index is 12.2. The summed E-state index contributed by atoms with van der Waals surface area (Å²) >= 11 is 0. The quantitative estimate of drug-likeness (QED) is 0.719. The molecule has 2 aliphatic rings. The molecule has 1 saturated heterocycles. The topological polar surface area (TPSA) is 46.6 Å². The summed E-state index contributed by atoms with van der Waals surface area (Å²) in [5, 5.41) is 0. The molecule has 2 fully saturated rings. The summed E-state index contributed by atoms with van der Waals surface area (Å²) in [6.45, 7) is 3.06. The van der Waals surface area contributed by atoms with E-state index in [0.717, 1.165) is 19.4 Å². The fourth-order valence-electron chi connectivity index (χ4n) is 3.52. The predicted octanol–water partition coefficient (Wildman–Crippen LogP) is 2.51. The van der Waals surface area contributed by atoms with Crippen molar-refractivity contribution in [1.29, 1.82) is 0 Å². The van der Waals surface area contributed by atoms with Gasteiger partial charge >= 0.3 is 5.97 Å². The van der Waals surface area contributed by atoms with Crippen molar-refractivity contribution in [2.24, 2.45) is 5.92 Å². The summed E-state index contributed by atoms with van der Waals surface area (Å²) in [4.78, 5) is 25.6. The number of esters is 1. The van der Waals surface area contributed by atoms with Crippen LogP contribution in [0.5, 0.6) is 0 Å². The van der Waals surface area contributed by atoms with E-state index < -0.39 is 0 Å². The van der Waals surface area contributed by atoms with Crippen molar-refractivity contribution in [3.8, 4) is 0 Å². The molecule has 108 valence electrons. The van der Waals surface area contributed by atoms with Crippen LogP contribution in [0.3, 0.4) is 0 Å². The van der Waals surface area contributed by atoms with Crippen LogP contribution >= 0.6 is 0 Å². The Labute approximate surface area is 115 Å². The Kier molecular flexibility index (Phi) is 5.23. The number of likely N-dealkylation sites (tertiary alicyclic amines) is 1. The van der Waals surface area contributed by atoms with Gasteiger partial charge in [-0.3, -0.25) is 9.59 Å². The smallest absolute Gasteiger partial charge is 0.306 e. The van der Waals surface area contributed by atoms with Crippen LogP contribution in [0.2, 0.25) is 0 Å². The van der Waals surface area contributed by atoms with Crippen molar-refractivity contribution < 1.29 is 14.3 Å². The summed E-state index contributed by atoms with van der Waals surface area (Å²) in [5.41, 5.74) is 0. The Hall–Kier alpha value is -1.06. The van der Waals surface area contributed by atoms with Crippen LogP contribution in [-0.4, -0.2) is 36.0 Å². The van der Waals surface area contributed by atoms with Gasteiger partial charge in [-0.1, -0.05) is 12.8 Å². The monoisotopic (exact) mass is 267 g/mol. The summed E-state index contributed by atoms with van der Waals surface area (Å²) in [7, 11) is 0.